The molecule has 3 heterocycles. The van der Waals surface area contributed by atoms with Crippen molar-refractivity contribution >= 4 is 11.7 Å². The van der Waals surface area contributed by atoms with Crippen molar-refractivity contribution in [1.82, 2.24) is 4.90 Å². The second-order valence-corrected chi connectivity index (χ2v) is 5.51. The maximum absolute atomic E-state index is 12.7. The first-order chi connectivity index (χ1) is 12.3. The number of nitrogens with one attached hydrogen (secondary N) is 1. The normalized spacial score (nSPS) is 12.2. The molecule has 4 rings (SSSR count). The molecule has 7 heteroatoms. The first-order valence-electron chi connectivity index (χ1n) is 7.78. The van der Waals surface area contributed by atoms with Crippen LogP contribution in [0.2, 0.25) is 0 Å². The molecule has 0 bridgehead atoms. The summed E-state index contributed by atoms with van der Waals surface area (Å²) in [5.41, 5.74) is 0.623. The molecule has 1 N–H and O–H groups in total. The van der Waals surface area contributed by atoms with E-state index in [0.29, 0.717) is 41.8 Å². The number of urea groups is 1. The summed E-state index contributed by atoms with van der Waals surface area (Å²) < 4.78 is 21.3. The molecule has 0 fully saturated rings. The number of hydrogen-bond donors (Lipinski definition) is 1. The number of carbonyl (C=O) groups is 1. The van der Waals surface area contributed by atoms with E-state index in [-0.39, 0.29) is 12.8 Å². The molecule has 2 aromatic heterocycles. The van der Waals surface area contributed by atoms with Crippen LogP contribution in [0, 0.1) is 0 Å². The van der Waals surface area contributed by atoms with Gasteiger partial charge in [-0.1, -0.05) is 0 Å². The minimum atomic E-state index is -0.272. The summed E-state index contributed by atoms with van der Waals surface area (Å²) in [7, 11) is 0. The summed E-state index contributed by atoms with van der Waals surface area (Å²) in [6.07, 6.45) is 3.16. The molecule has 0 aliphatic carbocycles. The molecule has 3 aromatic rings. The number of carbonyl (C=O) groups excluding carboxylic acids is 1. The van der Waals surface area contributed by atoms with Gasteiger partial charge in [-0.25, -0.2) is 4.79 Å². The van der Waals surface area contributed by atoms with E-state index in [0.717, 1.165) is 0 Å². The predicted molar refractivity (Wildman–Crippen MR) is 88.2 cm³/mol. The molecule has 2 amide bonds. The van der Waals surface area contributed by atoms with Crippen molar-refractivity contribution in [2.45, 2.75) is 13.1 Å². The lowest BCUT2D eigenvalue weighted by Gasteiger charge is -2.21. The van der Waals surface area contributed by atoms with E-state index in [9.17, 15) is 4.79 Å². The van der Waals surface area contributed by atoms with Crippen molar-refractivity contribution in [2.24, 2.45) is 0 Å². The third-order valence-corrected chi connectivity index (χ3v) is 3.76. The van der Waals surface area contributed by atoms with Gasteiger partial charge in [-0.3, -0.25) is 0 Å². The topological polar surface area (TPSA) is 77.1 Å². The van der Waals surface area contributed by atoms with Crippen LogP contribution in [0.25, 0.3) is 0 Å². The summed E-state index contributed by atoms with van der Waals surface area (Å²) in [5.74, 6) is 2.65. The Kier molecular flexibility index (Phi) is 4.04. The van der Waals surface area contributed by atoms with Crippen LogP contribution in [0.4, 0.5) is 10.5 Å². The Hall–Kier alpha value is -3.35. The van der Waals surface area contributed by atoms with E-state index in [1.54, 1.807) is 47.8 Å². The quantitative estimate of drug-likeness (QED) is 0.764. The van der Waals surface area contributed by atoms with Gasteiger partial charge in [-0.2, -0.15) is 0 Å². The van der Waals surface area contributed by atoms with E-state index < -0.39 is 0 Å². The Morgan fingerprint density at radius 1 is 0.960 bits per heavy atom. The van der Waals surface area contributed by atoms with Gasteiger partial charge >= 0.3 is 6.03 Å². The van der Waals surface area contributed by atoms with Crippen LogP contribution in [0.3, 0.4) is 0 Å². The largest absolute Gasteiger partial charge is 0.467 e. The van der Waals surface area contributed by atoms with Gasteiger partial charge in [-0.05, 0) is 36.4 Å². The Labute approximate surface area is 143 Å². The van der Waals surface area contributed by atoms with Gasteiger partial charge in [0, 0.05) is 11.8 Å². The molecule has 7 nitrogen and oxygen atoms in total. The molecular formula is C18H16N2O5. The fourth-order valence-corrected chi connectivity index (χ4v) is 2.56. The number of furan rings is 2. The fraction of sp³-hybridized carbons (Fsp3) is 0.167. The van der Waals surface area contributed by atoms with Gasteiger partial charge in [0.1, 0.15) is 11.5 Å². The Morgan fingerprint density at radius 2 is 1.64 bits per heavy atom. The highest BCUT2D eigenvalue weighted by Gasteiger charge is 2.19. The van der Waals surface area contributed by atoms with Crippen molar-refractivity contribution in [3.05, 3.63) is 66.5 Å². The van der Waals surface area contributed by atoms with E-state index in [1.807, 2.05) is 12.1 Å². The Morgan fingerprint density at radius 3 is 2.28 bits per heavy atom. The summed E-state index contributed by atoms with van der Waals surface area (Å²) in [4.78, 5) is 14.3. The van der Waals surface area contributed by atoms with E-state index in [4.69, 9.17) is 18.3 Å². The van der Waals surface area contributed by atoms with Gasteiger partial charge in [0.25, 0.3) is 0 Å². The molecule has 1 aliphatic heterocycles. The van der Waals surface area contributed by atoms with Crippen LogP contribution in [-0.4, -0.2) is 17.7 Å². The van der Waals surface area contributed by atoms with E-state index >= 15 is 0 Å². The van der Waals surface area contributed by atoms with Gasteiger partial charge in [-0.15, -0.1) is 0 Å². The number of hydrogen-bond acceptors (Lipinski definition) is 5. The molecule has 0 atom stereocenters. The lowest BCUT2D eigenvalue weighted by Crippen LogP contribution is -2.33. The number of benzene rings is 1. The molecule has 1 aromatic carbocycles. The first-order valence-corrected chi connectivity index (χ1v) is 7.78. The average Bonchev–Trinajstić information content (AvgIpc) is 3.36. The van der Waals surface area contributed by atoms with Gasteiger partial charge < -0.3 is 28.5 Å². The standard InChI is InChI=1S/C18H16N2O5/c21-18(19-13-5-6-16-17(9-13)25-12-24-16)20(10-14-3-1-7-22-14)11-15-4-2-8-23-15/h1-9H,10-12H2,(H,19,21). The molecule has 1 aliphatic rings. The molecule has 0 radical (unpaired) electrons. The van der Waals surface area contributed by atoms with Crippen molar-refractivity contribution in [1.29, 1.82) is 0 Å². The smallest absolute Gasteiger partial charge is 0.322 e. The zero-order valence-electron chi connectivity index (χ0n) is 13.3. The number of rotatable bonds is 5. The molecular weight excluding hydrogens is 324 g/mol. The van der Waals surface area contributed by atoms with E-state index in [1.165, 1.54) is 0 Å². The Balaban J connectivity index is 1.50. The minimum absolute atomic E-state index is 0.190. The van der Waals surface area contributed by atoms with Crippen LogP contribution in [-0.2, 0) is 13.1 Å². The molecule has 25 heavy (non-hydrogen) atoms. The van der Waals surface area contributed by atoms with Crippen molar-refractivity contribution in [3.8, 4) is 11.5 Å². The summed E-state index contributed by atoms with van der Waals surface area (Å²) in [6, 6.07) is 12.2. The van der Waals surface area contributed by atoms with Crippen molar-refractivity contribution in [2.75, 3.05) is 12.1 Å². The zero-order valence-corrected chi connectivity index (χ0v) is 13.3. The van der Waals surface area contributed by atoms with Crippen LogP contribution in [0.1, 0.15) is 11.5 Å². The van der Waals surface area contributed by atoms with Crippen LogP contribution >= 0.6 is 0 Å². The summed E-state index contributed by atoms with van der Waals surface area (Å²) in [6.45, 7) is 0.837. The highest BCUT2D eigenvalue weighted by molar-refractivity contribution is 5.89. The number of nitrogens with zero attached hydrogens (tertiary/aromatic N) is 1. The van der Waals surface area contributed by atoms with Gasteiger partial charge in [0.2, 0.25) is 6.79 Å². The van der Waals surface area contributed by atoms with Crippen LogP contribution in [0.5, 0.6) is 11.5 Å². The predicted octanol–water partition coefficient (Wildman–Crippen LogP) is 3.84. The lowest BCUT2D eigenvalue weighted by molar-refractivity contribution is 0.174. The van der Waals surface area contributed by atoms with E-state index in [2.05, 4.69) is 5.32 Å². The molecule has 128 valence electrons. The maximum Gasteiger partial charge on any atom is 0.322 e. The number of fused-ring (bicyclic) bond motifs is 1. The highest BCUT2D eigenvalue weighted by atomic mass is 16.7. The van der Waals surface area contributed by atoms with Crippen molar-refractivity contribution < 1.29 is 23.1 Å². The third kappa shape index (κ3) is 3.45. The monoisotopic (exact) mass is 340 g/mol. The van der Waals surface area contributed by atoms with Crippen LogP contribution in [0.15, 0.2) is 63.8 Å². The van der Waals surface area contributed by atoms with Crippen LogP contribution < -0.4 is 14.8 Å². The first kappa shape index (κ1) is 15.2. The second kappa shape index (κ2) is 6.64. The third-order valence-electron chi connectivity index (χ3n) is 3.76. The van der Waals surface area contributed by atoms with Gasteiger partial charge in [0.15, 0.2) is 11.5 Å². The second-order valence-electron chi connectivity index (χ2n) is 5.51. The zero-order chi connectivity index (χ0) is 17.1. The lowest BCUT2D eigenvalue weighted by atomic mass is 10.3. The average molecular weight is 340 g/mol. The van der Waals surface area contributed by atoms with Gasteiger partial charge in [0.05, 0.1) is 25.6 Å². The fourth-order valence-electron chi connectivity index (χ4n) is 2.56. The Bertz CT molecular complexity index is 806. The highest BCUT2D eigenvalue weighted by Crippen LogP contribution is 2.34. The summed E-state index contributed by atoms with van der Waals surface area (Å²) >= 11 is 0. The molecule has 0 spiro atoms. The molecule has 0 saturated carbocycles. The summed E-state index contributed by atoms with van der Waals surface area (Å²) in [5, 5.41) is 2.86. The number of anilines is 1. The minimum Gasteiger partial charge on any atom is -0.467 e. The SMILES string of the molecule is O=C(Nc1ccc2c(c1)OCO2)N(Cc1ccco1)Cc1ccco1. The molecule has 0 saturated heterocycles. The number of amides is 2. The molecule has 0 unspecified atom stereocenters. The maximum atomic E-state index is 12.7. The van der Waals surface area contributed by atoms with Crippen molar-refractivity contribution in [3.63, 3.8) is 0 Å². The number of ether oxygens (including phenoxy) is 2.